The van der Waals surface area contributed by atoms with Gasteiger partial charge in [-0.05, 0) is 0 Å². The first-order valence-electron chi connectivity index (χ1n) is 6.72. The van der Waals surface area contributed by atoms with Crippen molar-refractivity contribution in [3.8, 4) is 0 Å². The van der Waals surface area contributed by atoms with E-state index in [9.17, 15) is 4.79 Å². The highest BCUT2D eigenvalue weighted by molar-refractivity contribution is 7.99. The van der Waals surface area contributed by atoms with Crippen molar-refractivity contribution in [1.29, 1.82) is 0 Å². The van der Waals surface area contributed by atoms with Crippen molar-refractivity contribution >= 4 is 54.2 Å². The third-order valence-corrected chi connectivity index (χ3v) is 5.36. The minimum atomic E-state index is 0. The highest BCUT2D eigenvalue weighted by atomic mass is 35.5. The zero-order chi connectivity index (χ0) is 12.6. The van der Waals surface area contributed by atoms with Gasteiger partial charge in [0, 0.05) is 68.2 Å². The molecule has 1 unspecified atom stereocenters. The summed E-state index contributed by atoms with van der Waals surface area (Å²) in [5, 5.41) is 6.44. The van der Waals surface area contributed by atoms with Crippen molar-refractivity contribution < 1.29 is 4.79 Å². The zero-order valence-corrected chi connectivity index (χ0v) is 14.9. The van der Waals surface area contributed by atoms with Crippen LogP contribution in [0.1, 0.15) is 6.42 Å². The molecule has 2 heterocycles. The van der Waals surface area contributed by atoms with Gasteiger partial charge in [0.2, 0.25) is 5.91 Å². The van der Waals surface area contributed by atoms with Crippen molar-refractivity contribution in [2.24, 2.45) is 0 Å². The van der Waals surface area contributed by atoms with Crippen LogP contribution >= 0.6 is 48.3 Å². The number of halogens is 2. The average Bonchev–Trinajstić information content (AvgIpc) is 2.41. The molecule has 120 valence electrons. The predicted molar refractivity (Wildman–Crippen MR) is 95.0 cm³/mol. The molecule has 0 aliphatic carbocycles. The number of hydrogen-bond donors (Lipinski definition) is 2. The Balaban J connectivity index is 0.00000180. The number of nitrogens with zero attached hydrogens (tertiary/aromatic N) is 1. The first kappa shape index (κ1) is 20.7. The van der Waals surface area contributed by atoms with Crippen LogP contribution in [0.25, 0.3) is 0 Å². The summed E-state index contributed by atoms with van der Waals surface area (Å²) in [4.78, 5) is 14.2. The summed E-state index contributed by atoms with van der Waals surface area (Å²) in [6.07, 6.45) is 0.628. The maximum absolute atomic E-state index is 11.8. The molecule has 0 aromatic heterocycles. The van der Waals surface area contributed by atoms with E-state index in [-0.39, 0.29) is 30.7 Å². The van der Waals surface area contributed by atoms with Gasteiger partial charge in [0.05, 0.1) is 0 Å². The number of rotatable bonds is 5. The Kier molecular flexibility index (Phi) is 12.6. The van der Waals surface area contributed by atoms with E-state index < -0.39 is 0 Å². The minimum Gasteiger partial charge on any atom is -0.355 e. The van der Waals surface area contributed by atoms with E-state index in [1.807, 2.05) is 23.5 Å². The van der Waals surface area contributed by atoms with Gasteiger partial charge in [-0.1, -0.05) is 0 Å². The Labute approximate surface area is 142 Å². The number of nitrogens with one attached hydrogen (secondary N) is 2. The van der Waals surface area contributed by atoms with E-state index in [0.29, 0.717) is 12.5 Å². The normalized spacial score (nSPS) is 23.3. The topological polar surface area (TPSA) is 44.4 Å². The Morgan fingerprint density at radius 2 is 1.95 bits per heavy atom. The zero-order valence-electron chi connectivity index (χ0n) is 11.6. The average molecular weight is 362 g/mol. The summed E-state index contributed by atoms with van der Waals surface area (Å²) in [5.41, 5.74) is 0. The Hall–Kier alpha value is 0.670. The standard InChI is InChI=1S/C12H23N3OS2.2ClH/c16-12(9-11-10-18-6-2-13-11)14-1-3-15-4-7-17-8-5-15;;/h11,13H,1-10H2,(H,14,16);2*1H. The molecule has 2 saturated heterocycles. The van der Waals surface area contributed by atoms with E-state index in [2.05, 4.69) is 15.5 Å². The van der Waals surface area contributed by atoms with Gasteiger partial charge in [-0.2, -0.15) is 23.5 Å². The van der Waals surface area contributed by atoms with Crippen LogP contribution in [0.4, 0.5) is 0 Å². The van der Waals surface area contributed by atoms with E-state index in [1.165, 1.54) is 30.3 Å². The first-order chi connectivity index (χ1) is 8.84. The van der Waals surface area contributed by atoms with Crippen molar-refractivity contribution in [3.63, 3.8) is 0 Å². The fourth-order valence-corrected chi connectivity index (χ4v) is 4.15. The maximum atomic E-state index is 11.8. The van der Waals surface area contributed by atoms with Gasteiger partial charge >= 0.3 is 0 Å². The molecule has 0 aromatic rings. The summed E-state index contributed by atoms with van der Waals surface area (Å²) in [5.74, 6) is 4.90. The minimum absolute atomic E-state index is 0. The predicted octanol–water partition coefficient (Wildman–Crippen LogP) is 1.09. The van der Waals surface area contributed by atoms with Crippen LogP contribution in [0, 0.1) is 0 Å². The molecule has 8 heteroatoms. The third kappa shape index (κ3) is 8.20. The lowest BCUT2D eigenvalue weighted by atomic mass is 10.2. The Bertz CT molecular complexity index is 263. The number of thioether (sulfide) groups is 2. The molecule has 4 nitrogen and oxygen atoms in total. The fourth-order valence-electron chi connectivity index (χ4n) is 2.22. The molecule has 2 aliphatic heterocycles. The monoisotopic (exact) mass is 361 g/mol. The largest absolute Gasteiger partial charge is 0.355 e. The van der Waals surface area contributed by atoms with Crippen LogP contribution in [0.3, 0.4) is 0 Å². The number of carbonyl (C=O) groups is 1. The second-order valence-electron chi connectivity index (χ2n) is 4.73. The van der Waals surface area contributed by atoms with Crippen LogP contribution in [0.15, 0.2) is 0 Å². The number of carbonyl (C=O) groups excluding carboxylic acids is 1. The van der Waals surface area contributed by atoms with Crippen molar-refractivity contribution in [2.75, 3.05) is 55.7 Å². The van der Waals surface area contributed by atoms with Crippen molar-refractivity contribution in [1.82, 2.24) is 15.5 Å². The van der Waals surface area contributed by atoms with Crippen LogP contribution in [0.5, 0.6) is 0 Å². The molecular weight excluding hydrogens is 337 g/mol. The Morgan fingerprint density at radius 3 is 2.60 bits per heavy atom. The van der Waals surface area contributed by atoms with Crippen LogP contribution in [-0.2, 0) is 4.79 Å². The summed E-state index contributed by atoms with van der Waals surface area (Å²) < 4.78 is 0. The lowest BCUT2D eigenvalue weighted by Crippen LogP contribution is -2.43. The third-order valence-electron chi connectivity index (χ3n) is 3.28. The molecule has 0 radical (unpaired) electrons. The molecule has 20 heavy (non-hydrogen) atoms. The summed E-state index contributed by atoms with van der Waals surface area (Å²) in [6.45, 7) is 5.17. The number of hydrogen-bond acceptors (Lipinski definition) is 5. The molecule has 0 aromatic carbocycles. The van der Waals surface area contributed by atoms with Crippen molar-refractivity contribution in [3.05, 3.63) is 0 Å². The van der Waals surface area contributed by atoms with E-state index in [0.717, 1.165) is 25.4 Å². The molecule has 1 amide bonds. The van der Waals surface area contributed by atoms with Gasteiger partial charge in [0.15, 0.2) is 0 Å². The van der Waals surface area contributed by atoms with E-state index in [4.69, 9.17) is 0 Å². The SMILES string of the molecule is Cl.Cl.O=C(CC1CSCCN1)NCCN1CCSCC1. The van der Waals surface area contributed by atoms with Gasteiger partial charge in [-0.3, -0.25) is 9.69 Å². The quantitative estimate of drug-likeness (QED) is 0.767. The van der Waals surface area contributed by atoms with Gasteiger partial charge in [-0.25, -0.2) is 0 Å². The number of amides is 1. The molecule has 0 saturated carbocycles. The van der Waals surface area contributed by atoms with Crippen LogP contribution in [-0.4, -0.2) is 72.6 Å². The molecule has 0 bridgehead atoms. The molecule has 1 atom stereocenters. The summed E-state index contributed by atoms with van der Waals surface area (Å²) in [6, 6.07) is 0.370. The molecule has 2 aliphatic rings. The van der Waals surface area contributed by atoms with Crippen LogP contribution in [0.2, 0.25) is 0 Å². The summed E-state index contributed by atoms with van der Waals surface area (Å²) in [7, 11) is 0. The van der Waals surface area contributed by atoms with Gasteiger partial charge < -0.3 is 10.6 Å². The highest BCUT2D eigenvalue weighted by Crippen LogP contribution is 2.10. The molecule has 2 fully saturated rings. The smallest absolute Gasteiger partial charge is 0.221 e. The van der Waals surface area contributed by atoms with Gasteiger partial charge in [0.1, 0.15) is 0 Å². The Morgan fingerprint density at radius 1 is 1.20 bits per heavy atom. The lowest BCUT2D eigenvalue weighted by molar-refractivity contribution is -0.121. The fraction of sp³-hybridized carbons (Fsp3) is 0.917. The maximum Gasteiger partial charge on any atom is 0.221 e. The highest BCUT2D eigenvalue weighted by Gasteiger charge is 2.16. The first-order valence-corrected chi connectivity index (χ1v) is 9.03. The van der Waals surface area contributed by atoms with E-state index >= 15 is 0 Å². The van der Waals surface area contributed by atoms with Gasteiger partial charge in [-0.15, -0.1) is 24.8 Å². The molecule has 0 spiro atoms. The molecule has 2 rings (SSSR count). The molecule has 2 N–H and O–H groups in total. The second kappa shape index (κ2) is 12.2. The summed E-state index contributed by atoms with van der Waals surface area (Å²) >= 11 is 3.96. The van der Waals surface area contributed by atoms with Crippen molar-refractivity contribution in [2.45, 2.75) is 12.5 Å². The van der Waals surface area contributed by atoms with Crippen LogP contribution < -0.4 is 10.6 Å². The molecular formula is C12H25Cl2N3OS2. The van der Waals surface area contributed by atoms with E-state index in [1.54, 1.807) is 0 Å². The van der Waals surface area contributed by atoms with Gasteiger partial charge in [0.25, 0.3) is 0 Å². The second-order valence-corrected chi connectivity index (χ2v) is 7.11. The lowest BCUT2D eigenvalue weighted by Gasteiger charge is -2.26.